The van der Waals surface area contributed by atoms with Crippen molar-refractivity contribution in [2.75, 3.05) is 0 Å². The third-order valence-corrected chi connectivity index (χ3v) is 1.94. The molecule has 0 aliphatic carbocycles. The second-order valence-corrected chi connectivity index (χ2v) is 2.78. The fourth-order valence-corrected chi connectivity index (χ4v) is 1.18. The molecule has 0 saturated carbocycles. The van der Waals surface area contributed by atoms with Crippen LogP contribution in [0.1, 0.15) is 44.9 Å². The van der Waals surface area contributed by atoms with Crippen molar-refractivity contribution in [1.29, 1.82) is 0 Å². The Hall–Kier alpha value is -1.31. The van der Waals surface area contributed by atoms with Gasteiger partial charge in [0.1, 0.15) is 5.82 Å². The SMILES string of the molecule is C=C/C=C\c1c(C)nc(C)n1C.CC.CC. The van der Waals surface area contributed by atoms with Crippen molar-refractivity contribution >= 4 is 6.08 Å². The van der Waals surface area contributed by atoms with Crippen molar-refractivity contribution < 1.29 is 0 Å². The molecule has 0 saturated heterocycles. The van der Waals surface area contributed by atoms with Crippen molar-refractivity contribution in [2.45, 2.75) is 41.5 Å². The van der Waals surface area contributed by atoms with Gasteiger partial charge in [-0.15, -0.1) is 0 Å². The van der Waals surface area contributed by atoms with Gasteiger partial charge in [0, 0.05) is 7.05 Å². The molecule has 2 nitrogen and oxygen atoms in total. The molecule has 0 atom stereocenters. The Labute approximate surface area is 101 Å². The van der Waals surface area contributed by atoms with E-state index in [0.29, 0.717) is 0 Å². The lowest BCUT2D eigenvalue weighted by molar-refractivity contribution is 0.849. The summed E-state index contributed by atoms with van der Waals surface area (Å²) in [5, 5.41) is 0. The molecular formula is C14H26N2. The van der Waals surface area contributed by atoms with E-state index in [1.165, 1.54) is 0 Å². The van der Waals surface area contributed by atoms with Crippen LogP contribution in [-0.2, 0) is 7.05 Å². The van der Waals surface area contributed by atoms with E-state index in [-0.39, 0.29) is 0 Å². The third-order valence-electron chi connectivity index (χ3n) is 1.94. The normalized spacial score (nSPS) is 8.94. The average molecular weight is 222 g/mol. The highest BCUT2D eigenvalue weighted by Gasteiger charge is 2.03. The Bertz CT molecular complexity index is 320. The zero-order valence-corrected chi connectivity index (χ0v) is 11.8. The summed E-state index contributed by atoms with van der Waals surface area (Å²) in [5.41, 5.74) is 2.21. The first-order valence-electron chi connectivity index (χ1n) is 5.96. The van der Waals surface area contributed by atoms with Gasteiger partial charge < -0.3 is 4.57 Å². The molecule has 0 fully saturated rings. The third kappa shape index (κ3) is 4.96. The van der Waals surface area contributed by atoms with E-state index in [2.05, 4.69) is 16.1 Å². The second kappa shape index (κ2) is 10.2. The van der Waals surface area contributed by atoms with Crippen LogP contribution in [0.25, 0.3) is 6.08 Å². The Morgan fingerprint density at radius 3 is 1.94 bits per heavy atom. The van der Waals surface area contributed by atoms with E-state index >= 15 is 0 Å². The van der Waals surface area contributed by atoms with Crippen molar-refractivity contribution in [3.63, 3.8) is 0 Å². The van der Waals surface area contributed by atoms with E-state index in [1.54, 1.807) is 6.08 Å². The molecule has 1 aromatic rings. The van der Waals surface area contributed by atoms with Crippen LogP contribution in [-0.4, -0.2) is 9.55 Å². The monoisotopic (exact) mass is 222 g/mol. The largest absolute Gasteiger partial charge is 0.332 e. The summed E-state index contributed by atoms with van der Waals surface area (Å²) in [7, 11) is 2.01. The van der Waals surface area contributed by atoms with E-state index in [4.69, 9.17) is 0 Å². The van der Waals surface area contributed by atoms with Crippen molar-refractivity contribution in [1.82, 2.24) is 9.55 Å². The zero-order valence-electron chi connectivity index (χ0n) is 11.8. The zero-order chi connectivity index (χ0) is 13.1. The lowest BCUT2D eigenvalue weighted by Gasteiger charge is -1.97. The van der Waals surface area contributed by atoms with Crippen LogP contribution in [0.3, 0.4) is 0 Å². The average Bonchev–Trinajstić information content (AvgIpc) is 2.57. The van der Waals surface area contributed by atoms with Gasteiger partial charge in [-0.2, -0.15) is 0 Å². The van der Waals surface area contributed by atoms with Gasteiger partial charge in [-0.1, -0.05) is 46.4 Å². The Morgan fingerprint density at radius 2 is 1.62 bits per heavy atom. The second-order valence-electron chi connectivity index (χ2n) is 2.78. The molecule has 92 valence electrons. The van der Waals surface area contributed by atoms with Crippen molar-refractivity contribution in [2.24, 2.45) is 7.05 Å². The highest BCUT2D eigenvalue weighted by Crippen LogP contribution is 2.10. The summed E-state index contributed by atoms with van der Waals surface area (Å²) in [5.74, 6) is 1.04. The Kier molecular flexibility index (Phi) is 10.9. The maximum atomic E-state index is 4.34. The molecule has 0 amide bonds. The van der Waals surface area contributed by atoms with E-state index in [9.17, 15) is 0 Å². The van der Waals surface area contributed by atoms with Gasteiger partial charge in [-0.3, -0.25) is 0 Å². The molecule has 0 spiro atoms. The predicted molar refractivity (Wildman–Crippen MR) is 74.6 cm³/mol. The molecule has 1 rings (SSSR count). The molecule has 0 aliphatic heterocycles. The van der Waals surface area contributed by atoms with Gasteiger partial charge in [0.25, 0.3) is 0 Å². The van der Waals surface area contributed by atoms with E-state index in [0.717, 1.165) is 17.2 Å². The molecule has 1 aromatic heterocycles. The lowest BCUT2D eigenvalue weighted by Crippen LogP contribution is -1.93. The van der Waals surface area contributed by atoms with Crippen molar-refractivity contribution in [3.8, 4) is 0 Å². The van der Waals surface area contributed by atoms with Crippen LogP contribution in [0.4, 0.5) is 0 Å². The minimum atomic E-state index is 1.04. The van der Waals surface area contributed by atoms with E-state index < -0.39 is 0 Å². The number of hydrogen-bond acceptors (Lipinski definition) is 1. The van der Waals surface area contributed by atoms with Crippen LogP contribution in [0.5, 0.6) is 0 Å². The maximum Gasteiger partial charge on any atom is 0.106 e. The number of aromatic nitrogens is 2. The molecule has 0 radical (unpaired) electrons. The minimum absolute atomic E-state index is 1.04. The number of hydrogen-bond donors (Lipinski definition) is 0. The molecule has 0 aromatic carbocycles. The quantitative estimate of drug-likeness (QED) is 0.683. The van der Waals surface area contributed by atoms with Crippen LogP contribution < -0.4 is 0 Å². The first-order chi connectivity index (χ1) is 7.66. The smallest absolute Gasteiger partial charge is 0.106 e. The van der Waals surface area contributed by atoms with Crippen LogP contribution in [0, 0.1) is 13.8 Å². The number of nitrogens with zero attached hydrogens (tertiary/aromatic N) is 2. The molecule has 1 heterocycles. The Balaban J connectivity index is 0. The van der Waals surface area contributed by atoms with Gasteiger partial charge in [-0.25, -0.2) is 4.98 Å². The summed E-state index contributed by atoms with van der Waals surface area (Å²) >= 11 is 0. The topological polar surface area (TPSA) is 17.8 Å². The molecule has 2 heteroatoms. The summed E-state index contributed by atoms with van der Waals surface area (Å²) in [6.07, 6.45) is 5.70. The number of rotatable bonds is 2. The lowest BCUT2D eigenvalue weighted by atomic mass is 10.3. The predicted octanol–water partition coefficient (Wildman–Crippen LogP) is 4.29. The molecule has 0 N–H and O–H groups in total. The molecule has 0 unspecified atom stereocenters. The Morgan fingerprint density at radius 1 is 1.12 bits per heavy atom. The number of allylic oxidation sites excluding steroid dienone is 2. The van der Waals surface area contributed by atoms with Gasteiger partial charge in [-0.05, 0) is 19.9 Å². The molecule has 16 heavy (non-hydrogen) atoms. The first kappa shape index (κ1) is 17.1. The minimum Gasteiger partial charge on any atom is -0.332 e. The highest BCUT2D eigenvalue weighted by molar-refractivity contribution is 5.50. The van der Waals surface area contributed by atoms with Gasteiger partial charge in [0.15, 0.2) is 0 Å². The maximum absolute atomic E-state index is 4.34. The standard InChI is InChI=1S/C10H14N2.2C2H6/c1-5-6-7-10-8(2)11-9(3)12(10)4;2*1-2/h5-7H,1H2,2-4H3;2*1-2H3/b7-6-;;. The van der Waals surface area contributed by atoms with Crippen LogP contribution in [0.2, 0.25) is 0 Å². The first-order valence-corrected chi connectivity index (χ1v) is 5.96. The fourth-order valence-electron chi connectivity index (χ4n) is 1.18. The molecule has 0 aliphatic rings. The van der Waals surface area contributed by atoms with Crippen LogP contribution >= 0.6 is 0 Å². The van der Waals surface area contributed by atoms with Crippen LogP contribution in [0.15, 0.2) is 18.7 Å². The summed E-state index contributed by atoms with van der Waals surface area (Å²) in [6.45, 7) is 15.6. The highest BCUT2D eigenvalue weighted by atomic mass is 15.1. The molecule has 0 bridgehead atoms. The van der Waals surface area contributed by atoms with Crippen molar-refractivity contribution in [3.05, 3.63) is 35.9 Å². The van der Waals surface area contributed by atoms with Gasteiger partial charge in [0.2, 0.25) is 0 Å². The summed E-state index contributed by atoms with van der Waals surface area (Å²) in [4.78, 5) is 4.34. The van der Waals surface area contributed by atoms with Gasteiger partial charge in [0.05, 0.1) is 11.4 Å². The summed E-state index contributed by atoms with van der Waals surface area (Å²) < 4.78 is 2.06. The number of aryl methyl sites for hydroxylation is 2. The number of imidazole rings is 1. The van der Waals surface area contributed by atoms with Gasteiger partial charge >= 0.3 is 0 Å². The summed E-state index contributed by atoms with van der Waals surface area (Å²) in [6, 6.07) is 0. The fraction of sp³-hybridized carbons (Fsp3) is 0.500. The molecular weight excluding hydrogens is 196 g/mol. The van der Waals surface area contributed by atoms with E-state index in [1.807, 2.05) is 60.7 Å².